The van der Waals surface area contributed by atoms with Gasteiger partial charge < -0.3 is 0 Å². The molecule has 0 aliphatic carbocycles. The van der Waals surface area contributed by atoms with E-state index in [1.54, 1.807) is 0 Å². The number of hydrogen-bond donors (Lipinski definition) is 0. The van der Waals surface area contributed by atoms with Gasteiger partial charge in [0.2, 0.25) is 0 Å². The molecule has 0 saturated carbocycles. The van der Waals surface area contributed by atoms with Gasteiger partial charge >= 0.3 is 0 Å². The van der Waals surface area contributed by atoms with Gasteiger partial charge in [0.1, 0.15) is 0 Å². The van der Waals surface area contributed by atoms with Crippen LogP contribution in [0.25, 0.3) is 11.0 Å². The highest BCUT2D eigenvalue weighted by Crippen LogP contribution is 2.26. The first-order chi connectivity index (χ1) is 11.9. The minimum Gasteiger partial charge on any atom is -0.134 e. The number of thioether (sulfide) groups is 2. The van der Waals surface area contributed by atoms with Gasteiger partial charge in [-0.25, -0.2) is 0 Å². The first-order valence-electron chi connectivity index (χ1n) is 8.56. The number of rotatable bonds is 11. The van der Waals surface area contributed by atoms with E-state index in [-0.39, 0.29) is 0 Å². The molecule has 0 nitrogen and oxygen atoms in total. The molecular weight excluding hydrogens is 328 g/mol. The molecule has 0 fully saturated rings. The highest BCUT2D eigenvalue weighted by atomic mass is 32.2. The van der Waals surface area contributed by atoms with Crippen LogP contribution in [0.3, 0.4) is 0 Å². The predicted octanol–water partition coefficient (Wildman–Crippen LogP) is 7.36. The zero-order valence-corrected chi connectivity index (χ0v) is 15.8. The summed E-state index contributed by atoms with van der Waals surface area (Å²) in [4.78, 5) is 1.19. The molecule has 0 amide bonds. The minimum atomic E-state index is 1.18. The Labute approximate surface area is 155 Å². The summed E-state index contributed by atoms with van der Waals surface area (Å²) >= 11 is 3.80. The molecule has 0 N–H and O–H groups in total. The molecule has 0 atom stereocenters. The van der Waals surface area contributed by atoms with Crippen molar-refractivity contribution in [3.8, 4) is 0 Å². The molecule has 0 aliphatic heterocycles. The fourth-order valence-electron chi connectivity index (χ4n) is 2.30. The maximum absolute atomic E-state index is 4.17. The van der Waals surface area contributed by atoms with Crippen LogP contribution in [0.15, 0.2) is 72.7 Å². The summed E-state index contributed by atoms with van der Waals surface area (Å²) < 4.78 is 0. The van der Waals surface area contributed by atoms with Gasteiger partial charge in [0.15, 0.2) is 0 Å². The standard InChI is InChI=1S/C22H26S2/c1-20(22-14-8-5-9-15-22)24-18-11-3-2-10-17-23-19-16-21-12-6-4-7-13-21/h4-9,12-16,19H,1-3,10-11,17-18H2/b19-16+. The third-order valence-electron chi connectivity index (χ3n) is 3.68. The lowest BCUT2D eigenvalue weighted by molar-refractivity contribution is 0.712. The predicted molar refractivity (Wildman–Crippen MR) is 114 cm³/mol. The Kier molecular flexibility index (Phi) is 9.52. The van der Waals surface area contributed by atoms with Crippen molar-refractivity contribution in [3.63, 3.8) is 0 Å². The molecule has 0 aromatic heterocycles. The second kappa shape index (κ2) is 12.0. The van der Waals surface area contributed by atoms with Crippen LogP contribution in [0, 0.1) is 0 Å². The number of unbranched alkanes of at least 4 members (excludes halogenated alkanes) is 3. The van der Waals surface area contributed by atoms with E-state index in [4.69, 9.17) is 0 Å². The van der Waals surface area contributed by atoms with E-state index in [2.05, 4.69) is 78.7 Å². The smallest absolute Gasteiger partial charge is 0.00725 e. The monoisotopic (exact) mass is 354 g/mol. The van der Waals surface area contributed by atoms with Gasteiger partial charge in [-0.2, -0.15) is 0 Å². The van der Waals surface area contributed by atoms with Crippen LogP contribution in [0.4, 0.5) is 0 Å². The Hall–Kier alpha value is -1.38. The quantitative estimate of drug-likeness (QED) is 0.387. The van der Waals surface area contributed by atoms with E-state index in [0.717, 1.165) is 0 Å². The first-order valence-corrected chi connectivity index (χ1v) is 10.6. The average Bonchev–Trinajstić information content (AvgIpc) is 2.64. The molecule has 0 spiro atoms. The summed E-state index contributed by atoms with van der Waals surface area (Å²) in [6, 6.07) is 21.0. The highest BCUT2D eigenvalue weighted by molar-refractivity contribution is 8.08. The lowest BCUT2D eigenvalue weighted by Gasteiger charge is -2.05. The van der Waals surface area contributed by atoms with Crippen LogP contribution < -0.4 is 0 Å². The van der Waals surface area contributed by atoms with Crippen molar-refractivity contribution < 1.29 is 0 Å². The van der Waals surface area contributed by atoms with Crippen molar-refractivity contribution in [1.82, 2.24) is 0 Å². The minimum absolute atomic E-state index is 1.18. The van der Waals surface area contributed by atoms with Gasteiger partial charge in [0.25, 0.3) is 0 Å². The molecule has 2 rings (SSSR count). The summed E-state index contributed by atoms with van der Waals surface area (Å²) in [5, 5.41) is 2.22. The third kappa shape index (κ3) is 7.94. The summed E-state index contributed by atoms with van der Waals surface area (Å²) in [6.07, 6.45) is 7.41. The number of benzene rings is 2. The molecule has 0 aliphatic rings. The van der Waals surface area contributed by atoms with Crippen molar-refractivity contribution in [1.29, 1.82) is 0 Å². The van der Waals surface area contributed by atoms with Crippen molar-refractivity contribution in [3.05, 3.63) is 83.8 Å². The second-order valence-corrected chi connectivity index (χ2v) is 7.84. The van der Waals surface area contributed by atoms with Gasteiger partial charge in [-0.15, -0.1) is 23.5 Å². The molecule has 0 heterocycles. The van der Waals surface area contributed by atoms with E-state index in [9.17, 15) is 0 Å². The average molecular weight is 355 g/mol. The molecule has 24 heavy (non-hydrogen) atoms. The fraction of sp³-hybridized carbons (Fsp3) is 0.273. The highest BCUT2D eigenvalue weighted by Gasteiger charge is 1.98. The van der Waals surface area contributed by atoms with Gasteiger partial charge in [-0.05, 0) is 47.0 Å². The van der Waals surface area contributed by atoms with Crippen LogP contribution >= 0.6 is 23.5 Å². The molecule has 0 saturated heterocycles. The molecule has 0 unspecified atom stereocenters. The zero-order valence-electron chi connectivity index (χ0n) is 14.2. The Balaban J connectivity index is 1.44. The summed E-state index contributed by atoms with van der Waals surface area (Å²) in [6.45, 7) is 4.17. The maximum Gasteiger partial charge on any atom is 0.00725 e. The van der Waals surface area contributed by atoms with Crippen LogP contribution in [-0.2, 0) is 0 Å². The van der Waals surface area contributed by atoms with Crippen LogP contribution in [0.5, 0.6) is 0 Å². The molecule has 2 aromatic rings. The lowest BCUT2D eigenvalue weighted by Crippen LogP contribution is -1.85. The molecule has 0 radical (unpaired) electrons. The Morgan fingerprint density at radius 3 is 2.12 bits per heavy atom. The van der Waals surface area contributed by atoms with Gasteiger partial charge in [-0.1, -0.05) is 80.1 Å². The molecule has 0 bridgehead atoms. The van der Waals surface area contributed by atoms with Crippen molar-refractivity contribution in [2.24, 2.45) is 0 Å². The van der Waals surface area contributed by atoms with E-state index in [1.807, 2.05) is 23.5 Å². The van der Waals surface area contributed by atoms with Crippen molar-refractivity contribution in [2.45, 2.75) is 25.7 Å². The molecule has 2 heteroatoms. The third-order valence-corrected chi connectivity index (χ3v) is 5.61. The summed E-state index contributed by atoms with van der Waals surface area (Å²) in [5.74, 6) is 2.39. The Bertz CT molecular complexity index is 602. The van der Waals surface area contributed by atoms with Gasteiger partial charge in [0.05, 0.1) is 0 Å². The van der Waals surface area contributed by atoms with E-state index >= 15 is 0 Å². The largest absolute Gasteiger partial charge is 0.134 e. The van der Waals surface area contributed by atoms with E-state index in [0.29, 0.717) is 0 Å². The van der Waals surface area contributed by atoms with Gasteiger partial charge in [-0.3, -0.25) is 0 Å². The molecule has 2 aromatic carbocycles. The SMILES string of the molecule is C=C(SCCCCCCS/C=C/c1ccccc1)c1ccccc1. The number of hydrogen-bond acceptors (Lipinski definition) is 2. The Morgan fingerprint density at radius 1 is 0.792 bits per heavy atom. The van der Waals surface area contributed by atoms with Crippen LogP contribution in [-0.4, -0.2) is 11.5 Å². The summed E-state index contributed by atoms with van der Waals surface area (Å²) in [7, 11) is 0. The van der Waals surface area contributed by atoms with Gasteiger partial charge in [0, 0.05) is 4.91 Å². The van der Waals surface area contributed by atoms with E-state index < -0.39 is 0 Å². The molecular formula is C22H26S2. The van der Waals surface area contributed by atoms with Crippen LogP contribution in [0.2, 0.25) is 0 Å². The summed E-state index contributed by atoms with van der Waals surface area (Å²) in [5.41, 5.74) is 2.53. The second-order valence-electron chi connectivity index (χ2n) is 5.64. The maximum atomic E-state index is 4.17. The topological polar surface area (TPSA) is 0 Å². The Morgan fingerprint density at radius 2 is 1.42 bits per heavy atom. The zero-order chi connectivity index (χ0) is 16.9. The van der Waals surface area contributed by atoms with E-state index in [1.165, 1.54) is 53.2 Å². The van der Waals surface area contributed by atoms with Crippen LogP contribution in [0.1, 0.15) is 36.8 Å². The van der Waals surface area contributed by atoms with Crippen molar-refractivity contribution in [2.75, 3.05) is 11.5 Å². The normalized spacial score (nSPS) is 11.0. The molecule has 126 valence electrons. The first kappa shape index (κ1) is 19.0. The fourth-order valence-corrected chi connectivity index (χ4v) is 3.96. The van der Waals surface area contributed by atoms with Crippen molar-refractivity contribution >= 4 is 34.5 Å². The lowest BCUT2D eigenvalue weighted by atomic mass is 10.2.